The Labute approximate surface area is 108 Å². The van der Waals surface area contributed by atoms with Crippen LogP contribution in [0.4, 0.5) is 0 Å². The highest BCUT2D eigenvalue weighted by molar-refractivity contribution is 5.28. The summed E-state index contributed by atoms with van der Waals surface area (Å²) in [5, 5.41) is 0. The molecule has 0 saturated heterocycles. The van der Waals surface area contributed by atoms with Crippen molar-refractivity contribution in [2.24, 2.45) is 5.73 Å². The minimum atomic E-state index is 0.604. The van der Waals surface area contributed by atoms with Crippen molar-refractivity contribution in [3.63, 3.8) is 0 Å². The van der Waals surface area contributed by atoms with Gasteiger partial charge in [0.25, 0.3) is 0 Å². The van der Waals surface area contributed by atoms with E-state index in [2.05, 4.69) is 37.3 Å². The Morgan fingerprint density at radius 3 is 2.39 bits per heavy atom. The molecule has 0 heterocycles. The molecular formula is C16H19NO. The molecule has 2 aromatic rings. The third kappa shape index (κ3) is 3.60. The van der Waals surface area contributed by atoms with Crippen LogP contribution in [0.15, 0.2) is 48.5 Å². The molecule has 0 saturated carbocycles. The molecule has 2 aromatic carbocycles. The SMILES string of the molecule is Cc1cccc(OCc2ccc(CCN)cc2)c1. The molecule has 94 valence electrons. The van der Waals surface area contributed by atoms with E-state index in [1.54, 1.807) is 0 Å². The van der Waals surface area contributed by atoms with Crippen molar-refractivity contribution >= 4 is 0 Å². The highest BCUT2D eigenvalue weighted by Crippen LogP contribution is 2.14. The highest BCUT2D eigenvalue weighted by Gasteiger charge is 1.97. The quantitative estimate of drug-likeness (QED) is 0.873. The summed E-state index contributed by atoms with van der Waals surface area (Å²) in [5.74, 6) is 0.918. The fourth-order valence-electron chi connectivity index (χ4n) is 1.84. The molecule has 0 fully saturated rings. The van der Waals surface area contributed by atoms with Gasteiger partial charge in [-0.05, 0) is 48.7 Å². The number of ether oxygens (including phenoxy) is 1. The molecule has 0 atom stereocenters. The zero-order chi connectivity index (χ0) is 12.8. The van der Waals surface area contributed by atoms with Gasteiger partial charge in [0.2, 0.25) is 0 Å². The second kappa shape index (κ2) is 6.22. The zero-order valence-electron chi connectivity index (χ0n) is 10.7. The number of aryl methyl sites for hydroxylation is 1. The number of nitrogens with two attached hydrogens (primary N) is 1. The lowest BCUT2D eigenvalue weighted by atomic mass is 10.1. The first kappa shape index (κ1) is 12.7. The van der Waals surface area contributed by atoms with Crippen LogP contribution in [0, 0.1) is 6.92 Å². The van der Waals surface area contributed by atoms with Gasteiger partial charge in [-0.3, -0.25) is 0 Å². The topological polar surface area (TPSA) is 35.2 Å². The van der Waals surface area contributed by atoms with Gasteiger partial charge in [0.1, 0.15) is 12.4 Å². The summed E-state index contributed by atoms with van der Waals surface area (Å²) in [6.07, 6.45) is 0.930. The summed E-state index contributed by atoms with van der Waals surface area (Å²) >= 11 is 0. The number of hydrogen-bond donors (Lipinski definition) is 1. The minimum absolute atomic E-state index is 0.604. The van der Waals surface area contributed by atoms with Gasteiger partial charge in [-0.15, -0.1) is 0 Å². The highest BCUT2D eigenvalue weighted by atomic mass is 16.5. The van der Waals surface area contributed by atoms with Gasteiger partial charge in [-0.2, -0.15) is 0 Å². The molecule has 0 aliphatic heterocycles. The zero-order valence-corrected chi connectivity index (χ0v) is 10.7. The van der Waals surface area contributed by atoms with Crippen LogP contribution in [0.1, 0.15) is 16.7 Å². The fourth-order valence-corrected chi connectivity index (χ4v) is 1.84. The Morgan fingerprint density at radius 1 is 1.00 bits per heavy atom. The molecule has 2 nitrogen and oxygen atoms in total. The van der Waals surface area contributed by atoms with Gasteiger partial charge in [0, 0.05) is 0 Å². The largest absolute Gasteiger partial charge is 0.489 e. The Hall–Kier alpha value is -1.80. The first-order valence-corrected chi connectivity index (χ1v) is 6.25. The Balaban J connectivity index is 1.93. The predicted molar refractivity (Wildman–Crippen MR) is 74.7 cm³/mol. The summed E-state index contributed by atoms with van der Waals surface area (Å²) < 4.78 is 5.75. The molecule has 0 radical (unpaired) electrons. The molecule has 0 unspecified atom stereocenters. The predicted octanol–water partition coefficient (Wildman–Crippen LogP) is 3.08. The Bertz CT molecular complexity index is 491. The molecule has 2 heteroatoms. The van der Waals surface area contributed by atoms with Gasteiger partial charge >= 0.3 is 0 Å². The maximum absolute atomic E-state index is 5.75. The van der Waals surface area contributed by atoms with Gasteiger partial charge in [-0.1, -0.05) is 36.4 Å². The summed E-state index contributed by atoms with van der Waals surface area (Å²) in [6.45, 7) is 3.36. The van der Waals surface area contributed by atoms with Crippen LogP contribution in [-0.2, 0) is 13.0 Å². The van der Waals surface area contributed by atoms with Crippen molar-refractivity contribution in [3.05, 3.63) is 65.2 Å². The van der Waals surface area contributed by atoms with Crippen LogP contribution in [0.2, 0.25) is 0 Å². The Kier molecular flexibility index (Phi) is 4.37. The van der Waals surface area contributed by atoms with E-state index < -0.39 is 0 Å². The summed E-state index contributed by atoms with van der Waals surface area (Å²) in [7, 11) is 0. The maximum atomic E-state index is 5.75. The number of hydrogen-bond acceptors (Lipinski definition) is 2. The molecular weight excluding hydrogens is 222 g/mol. The van der Waals surface area contributed by atoms with Crippen LogP contribution in [0.25, 0.3) is 0 Å². The average molecular weight is 241 g/mol. The van der Waals surface area contributed by atoms with Gasteiger partial charge in [-0.25, -0.2) is 0 Å². The van der Waals surface area contributed by atoms with E-state index in [-0.39, 0.29) is 0 Å². The maximum Gasteiger partial charge on any atom is 0.120 e. The first-order chi connectivity index (χ1) is 8.78. The van der Waals surface area contributed by atoms with Crippen molar-refractivity contribution in [3.8, 4) is 5.75 Å². The second-order valence-electron chi connectivity index (χ2n) is 4.46. The molecule has 2 N–H and O–H groups in total. The first-order valence-electron chi connectivity index (χ1n) is 6.25. The third-order valence-electron chi connectivity index (χ3n) is 2.85. The summed E-state index contributed by atoms with van der Waals surface area (Å²) in [4.78, 5) is 0. The van der Waals surface area contributed by atoms with E-state index in [1.807, 2.05) is 18.2 Å². The van der Waals surface area contributed by atoms with Crippen LogP contribution in [0.5, 0.6) is 5.75 Å². The summed E-state index contributed by atoms with van der Waals surface area (Å²) in [5.41, 5.74) is 9.19. The van der Waals surface area contributed by atoms with E-state index in [9.17, 15) is 0 Å². The van der Waals surface area contributed by atoms with Crippen molar-refractivity contribution < 1.29 is 4.74 Å². The van der Waals surface area contributed by atoms with Gasteiger partial charge in [0.15, 0.2) is 0 Å². The lowest BCUT2D eigenvalue weighted by molar-refractivity contribution is 0.306. The van der Waals surface area contributed by atoms with Crippen LogP contribution >= 0.6 is 0 Å². The van der Waals surface area contributed by atoms with Crippen molar-refractivity contribution in [1.82, 2.24) is 0 Å². The van der Waals surface area contributed by atoms with E-state index in [4.69, 9.17) is 10.5 Å². The molecule has 0 amide bonds. The standard InChI is InChI=1S/C16H19NO/c1-13-3-2-4-16(11-13)18-12-15-7-5-14(6-8-15)9-10-17/h2-8,11H,9-10,12,17H2,1H3. The monoisotopic (exact) mass is 241 g/mol. The second-order valence-corrected chi connectivity index (χ2v) is 4.46. The smallest absolute Gasteiger partial charge is 0.120 e. The van der Waals surface area contributed by atoms with E-state index in [1.165, 1.54) is 16.7 Å². The Morgan fingerprint density at radius 2 is 1.72 bits per heavy atom. The van der Waals surface area contributed by atoms with Crippen molar-refractivity contribution in [2.45, 2.75) is 20.0 Å². The van der Waals surface area contributed by atoms with E-state index in [0.29, 0.717) is 13.2 Å². The van der Waals surface area contributed by atoms with E-state index in [0.717, 1.165) is 12.2 Å². The van der Waals surface area contributed by atoms with E-state index >= 15 is 0 Å². The third-order valence-corrected chi connectivity index (χ3v) is 2.85. The molecule has 0 aromatic heterocycles. The number of rotatable bonds is 5. The van der Waals surface area contributed by atoms with Crippen molar-refractivity contribution in [1.29, 1.82) is 0 Å². The number of benzene rings is 2. The van der Waals surface area contributed by atoms with Crippen molar-refractivity contribution in [2.75, 3.05) is 6.54 Å². The van der Waals surface area contributed by atoms with Gasteiger partial charge < -0.3 is 10.5 Å². The molecule has 2 rings (SSSR count). The molecule has 0 aliphatic carbocycles. The lowest BCUT2D eigenvalue weighted by Gasteiger charge is -2.07. The van der Waals surface area contributed by atoms with Crippen LogP contribution in [0.3, 0.4) is 0 Å². The minimum Gasteiger partial charge on any atom is -0.489 e. The average Bonchev–Trinajstić information content (AvgIpc) is 2.38. The van der Waals surface area contributed by atoms with Crippen LogP contribution in [-0.4, -0.2) is 6.54 Å². The molecule has 0 bridgehead atoms. The van der Waals surface area contributed by atoms with Gasteiger partial charge in [0.05, 0.1) is 0 Å². The fraction of sp³-hybridized carbons (Fsp3) is 0.250. The normalized spacial score (nSPS) is 10.3. The lowest BCUT2D eigenvalue weighted by Crippen LogP contribution is -2.03. The molecule has 0 aliphatic rings. The van der Waals surface area contributed by atoms with Crippen LogP contribution < -0.4 is 10.5 Å². The molecule has 0 spiro atoms. The summed E-state index contributed by atoms with van der Waals surface area (Å²) in [6, 6.07) is 16.5. The molecule has 18 heavy (non-hydrogen) atoms.